The normalized spacial score (nSPS) is 11.0. The van der Waals surface area contributed by atoms with Crippen LogP contribution in [0.15, 0.2) is 48.5 Å². The van der Waals surface area contributed by atoms with E-state index in [2.05, 4.69) is 28.9 Å². The number of hydrogen-bond acceptors (Lipinski definition) is 2. The molecule has 0 amide bonds. The lowest BCUT2D eigenvalue weighted by molar-refractivity contribution is 0.0694. The lowest BCUT2D eigenvalue weighted by atomic mass is 10.1. The van der Waals surface area contributed by atoms with Crippen LogP contribution in [0.3, 0.4) is 0 Å². The van der Waals surface area contributed by atoms with Crippen LogP contribution >= 0.6 is 11.6 Å². The largest absolute Gasteiger partial charge is 0.478 e. The fourth-order valence-corrected chi connectivity index (χ4v) is 3.85. The van der Waals surface area contributed by atoms with E-state index < -0.39 is 5.97 Å². The summed E-state index contributed by atoms with van der Waals surface area (Å²) in [5.74, 6) is -0.891. The Bertz CT molecular complexity index is 1010. The second-order valence-corrected chi connectivity index (χ2v) is 7.51. The van der Waals surface area contributed by atoms with Crippen LogP contribution in [0.2, 0.25) is 5.02 Å². The first-order valence-electron chi connectivity index (χ1n) is 9.30. The number of halogens is 1. The fourth-order valence-electron chi connectivity index (χ4n) is 3.63. The van der Waals surface area contributed by atoms with E-state index in [0.717, 1.165) is 22.5 Å². The Morgan fingerprint density at radius 2 is 1.79 bits per heavy atom. The average Bonchev–Trinajstić information content (AvgIpc) is 2.88. The molecule has 1 aromatic heterocycles. The molecule has 0 unspecified atom stereocenters. The van der Waals surface area contributed by atoms with Gasteiger partial charge in [0.1, 0.15) is 0 Å². The zero-order chi connectivity index (χ0) is 20.3. The van der Waals surface area contributed by atoms with Gasteiger partial charge in [-0.15, -0.1) is 0 Å². The number of benzene rings is 2. The third kappa shape index (κ3) is 4.29. The van der Waals surface area contributed by atoms with E-state index in [1.54, 1.807) is 0 Å². The molecule has 0 bridgehead atoms. The molecule has 3 rings (SSSR count). The van der Waals surface area contributed by atoms with Crippen LogP contribution in [0.25, 0.3) is 0 Å². The Labute approximate surface area is 170 Å². The van der Waals surface area contributed by atoms with Gasteiger partial charge in [0.05, 0.1) is 5.56 Å². The lowest BCUT2D eigenvalue weighted by Gasteiger charge is -2.11. The van der Waals surface area contributed by atoms with Gasteiger partial charge in [-0.05, 0) is 49.6 Å². The predicted molar refractivity (Wildman–Crippen MR) is 113 cm³/mol. The van der Waals surface area contributed by atoms with Crippen molar-refractivity contribution in [1.29, 1.82) is 0 Å². The maximum absolute atomic E-state index is 11.9. The van der Waals surface area contributed by atoms with Crippen molar-refractivity contribution >= 4 is 17.6 Å². The van der Waals surface area contributed by atoms with E-state index in [9.17, 15) is 9.90 Å². The lowest BCUT2D eigenvalue weighted by Crippen LogP contribution is -2.16. The second kappa shape index (κ2) is 8.63. The average molecular weight is 397 g/mol. The number of aryl methyl sites for hydroxylation is 1. The Morgan fingerprint density at radius 1 is 1.04 bits per heavy atom. The Balaban J connectivity index is 1.86. The van der Waals surface area contributed by atoms with Crippen molar-refractivity contribution in [2.24, 2.45) is 0 Å². The summed E-state index contributed by atoms with van der Waals surface area (Å²) >= 11 is 6.10. The summed E-state index contributed by atoms with van der Waals surface area (Å²) in [6.07, 6.45) is 0. The third-order valence-electron chi connectivity index (χ3n) is 5.23. The van der Waals surface area contributed by atoms with Gasteiger partial charge in [0, 0.05) is 41.6 Å². The van der Waals surface area contributed by atoms with E-state index in [4.69, 9.17) is 11.6 Å². The molecular formula is C23H25ClN2O2. The van der Waals surface area contributed by atoms with Crippen molar-refractivity contribution in [2.45, 2.75) is 40.4 Å². The molecule has 0 aliphatic heterocycles. The monoisotopic (exact) mass is 396 g/mol. The van der Waals surface area contributed by atoms with E-state index in [0.29, 0.717) is 30.2 Å². The van der Waals surface area contributed by atoms with Crippen LogP contribution in [0.4, 0.5) is 0 Å². The van der Waals surface area contributed by atoms with E-state index in [1.165, 1.54) is 11.1 Å². The molecule has 0 spiro atoms. The molecule has 3 aromatic rings. The van der Waals surface area contributed by atoms with Crippen molar-refractivity contribution in [3.63, 3.8) is 0 Å². The van der Waals surface area contributed by atoms with E-state index in [1.807, 2.05) is 50.2 Å². The molecule has 0 aliphatic rings. The summed E-state index contributed by atoms with van der Waals surface area (Å²) in [7, 11) is 0. The van der Waals surface area contributed by atoms with Gasteiger partial charge < -0.3 is 15.0 Å². The van der Waals surface area contributed by atoms with Crippen molar-refractivity contribution in [2.75, 3.05) is 0 Å². The summed E-state index contributed by atoms with van der Waals surface area (Å²) < 4.78 is 2.06. The van der Waals surface area contributed by atoms with E-state index >= 15 is 0 Å². The summed E-state index contributed by atoms with van der Waals surface area (Å²) in [4.78, 5) is 11.9. The van der Waals surface area contributed by atoms with Gasteiger partial charge in [-0.1, -0.05) is 48.0 Å². The first-order valence-corrected chi connectivity index (χ1v) is 9.67. The number of carboxylic acids is 1. The highest BCUT2D eigenvalue weighted by Gasteiger charge is 2.22. The van der Waals surface area contributed by atoms with Gasteiger partial charge in [0.2, 0.25) is 0 Å². The number of nitrogens with one attached hydrogen (secondary N) is 1. The highest BCUT2D eigenvalue weighted by atomic mass is 35.5. The molecule has 146 valence electrons. The van der Waals surface area contributed by atoms with Gasteiger partial charge in [-0.2, -0.15) is 0 Å². The van der Waals surface area contributed by atoms with Gasteiger partial charge in [0.25, 0.3) is 0 Å². The molecule has 0 saturated heterocycles. The molecule has 28 heavy (non-hydrogen) atoms. The number of nitrogens with zero attached hydrogens (tertiary/aromatic N) is 1. The topological polar surface area (TPSA) is 54.3 Å². The molecule has 0 radical (unpaired) electrons. The quantitative estimate of drug-likeness (QED) is 0.584. The van der Waals surface area contributed by atoms with Crippen molar-refractivity contribution in [3.8, 4) is 0 Å². The maximum atomic E-state index is 11.9. The molecular weight excluding hydrogens is 372 g/mol. The van der Waals surface area contributed by atoms with Crippen molar-refractivity contribution in [1.82, 2.24) is 9.88 Å². The number of carboxylic acid groups (broad SMARTS) is 1. The fraction of sp³-hybridized carbons (Fsp3) is 0.261. The van der Waals surface area contributed by atoms with Gasteiger partial charge in [0.15, 0.2) is 0 Å². The summed E-state index contributed by atoms with van der Waals surface area (Å²) in [6.45, 7) is 7.72. The minimum absolute atomic E-state index is 0.386. The zero-order valence-electron chi connectivity index (χ0n) is 16.4. The zero-order valence-corrected chi connectivity index (χ0v) is 17.2. The van der Waals surface area contributed by atoms with Crippen molar-refractivity contribution < 1.29 is 9.90 Å². The SMILES string of the molecule is Cc1ccccc1CNCc1c(C(=O)O)c(C)n(Cc2cccc(Cl)c2)c1C. The first-order chi connectivity index (χ1) is 13.4. The molecule has 1 heterocycles. The minimum Gasteiger partial charge on any atom is -0.478 e. The van der Waals surface area contributed by atoms with Crippen LogP contribution in [0.5, 0.6) is 0 Å². The highest BCUT2D eigenvalue weighted by Crippen LogP contribution is 2.24. The van der Waals surface area contributed by atoms with Crippen LogP contribution in [-0.2, 0) is 19.6 Å². The number of rotatable bonds is 7. The summed E-state index contributed by atoms with van der Waals surface area (Å²) in [5.41, 5.74) is 6.43. The predicted octanol–water partition coefficient (Wildman–Crippen LogP) is 5.10. The molecule has 0 atom stereocenters. The summed E-state index contributed by atoms with van der Waals surface area (Å²) in [5, 5.41) is 13.9. The maximum Gasteiger partial charge on any atom is 0.337 e. The number of hydrogen-bond donors (Lipinski definition) is 2. The van der Waals surface area contributed by atoms with Crippen LogP contribution < -0.4 is 5.32 Å². The highest BCUT2D eigenvalue weighted by molar-refractivity contribution is 6.30. The van der Waals surface area contributed by atoms with Crippen LogP contribution in [0.1, 0.15) is 44.0 Å². The summed E-state index contributed by atoms with van der Waals surface area (Å²) in [6, 6.07) is 15.9. The van der Waals surface area contributed by atoms with Gasteiger partial charge in [-0.3, -0.25) is 0 Å². The smallest absolute Gasteiger partial charge is 0.337 e. The molecule has 5 heteroatoms. The molecule has 4 nitrogen and oxygen atoms in total. The van der Waals surface area contributed by atoms with Crippen molar-refractivity contribution in [3.05, 3.63) is 92.8 Å². The molecule has 2 aromatic carbocycles. The second-order valence-electron chi connectivity index (χ2n) is 7.08. The van der Waals surface area contributed by atoms with Crippen LogP contribution in [-0.4, -0.2) is 15.6 Å². The molecule has 0 saturated carbocycles. The molecule has 2 N–H and O–H groups in total. The Morgan fingerprint density at radius 3 is 2.46 bits per heavy atom. The van der Waals surface area contributed by atoms with Gasteiger partial charge in [-0.25, -0.2) is 4.79 Å². The molecule has 0 aliphatic carbocycles. The number of carbonyl (C=O) groups is 1. The minimum atomic E-state index is -0.891. The number of aromatic carboxylic acids is 1. The number of aromatic nitrogens is 1. The van der Waals surface area contributed by atoms with Gasteiger partial charge >= 0.3 is 5.97 Å². The van der Waals surface area contributed by atoms with Crippen LogP contribution in [0, 0.1) is 20.8 Å². The Kier molecular flexibility index (Phi) is 6.22. The van der Waals surface area contributed by atoms with E-state index in [-0.39, 0.29) is 0 Å². The Hall–Kier alpha value is -2.56. The molecule has 0 fully saturated rings. The third-order valence-corrected chi connectivity index (χ3v) is 5.47. The first kappa shape index (κ1) is 20.2. The standard InChI is InChI=1S/C23H25ClN2O2/c1-15-7-4-5-9-19(15)12-25-13-21-16(2)26(17(3)22(21)23(27)28)14-18-8-6-10-20(24)11-18/h4-11,25H,12-14H2,1-3H3,(H,27,28).